The van der Waals surface area contributed by atoms with Crippen LogP contribution in [0, 0.1) is 0 Å². The highest BCUT2D eigenvalue weighted by Gasteiger charge is 2.13. The lowest BCUT2D eigenvalue weighted by molar-refractivity contribution is 0.174. The van der Waals surface area contributed by atoms with Crippen molar-refractivity contribution in [3.8, 4) is 11.5 Å². The lowest BCUT2D eigenvalue weighted by atomic mass is 10.2. The fourth-order valence-electron chi connectivity index (χ4n) is 1.84. The maximum Gasteiger partial charge on any atom is 0.231 e. The number of aromatic nitrogens is 2. The summed E-state index contributed by atoms with van der Waals surface area (Å²) in [5, 5.41) is 0. The van der Waals surface area contributed by atoms with Gasteiger partial charge in [-0.05, 0) is 17.7 Å². The normalized spacial score (nSPS) is 13.0. The van der Waals surface area contributed by atoms with E-state index >= 15 is 0 Å². The summed E-state index contributed by atoms with van der Waals surface area (Å²) < 4.78 is 12.6. The zero-order chi connectivity index (χ0) is 11.7. The molecule has 2 aromatic rings. The van der Waals surface area contributed by atoms with E-state index in [2.05, 4.69) is 4.98 Å². The van der Waals surface area contributed by atoms with Gasteiger partial charge in [0.25, 0.3) is 0 Å². The van der Waals surface area contributed by atoms with E-state index in [9.17, 15) is 0 Å². The quantitative estimate of drug-likeness (QED) is 0.785. The predicted molar refractivity (Wildman–Crippen MR) is 63.5 cm³/mol. The van der Waals surface area contributed by atoms with Gasteiger partial charge in [-0.1, -0.05) is 6.07 Å². The third-order valence-corrected chi connectivity index (χ3v) is 3.00. The average Bonchev–Trinajstić information content (AvgIpc) is 2.96. The van der Waals surface area contributed by atoms with Crippen LogP contribution in [0.2, 0.25) is 0 Å². The van der Waals surface area contributed by atoms with Crippen molar-refractivity contribution in [2.45, 2.75) is 12.4 Å². The number of fused-ring (bicyclic) bond motifs is 1. The number of benzene rings is 1. The summed E-state index contributed by atoms with van der Waals surface area (Å²) in [5.74, 6) is 2.07. The Labute approximate surface area is 104 Å². The van der Waals surface area contributed by atoms with Crippen LogP contribution in [-0.2, 0) is 12.4 Å². The van der Waals surface area contributed by atoms with E-state index < -0.39 is 0 Å². The van der Waals surface area contributed by atoms with Gasteiger partial charge in [-0.2, -0.15) is 0 Å². The van der Waals surface area contributed by atoms with Crippen molar-refractivity contribution in [3.05, 3.63) is 42.0 Å². The van der Waals surface area contributed by atoms with Crippen LogP contribution in [0.5, 0.6) is 11.5 Å². The molecule has 1 aliphatic rings. The standard InChI is InChI=1S/C12H11ClN2O2/c13-4-10-5-14-7-15(10)6-9-1-2-11-12(3-9)17-8-16-11/h1-3,5,7H,4,6,8H2. The fourth-order valence-corrected chi connectivity index (χ4v) is 2.06. The van der Waals surface area contributed by atoms with Gasteiger partial charge in [0.1, 0.15) is 0 Å². The SMILES string of the molecule is ClCc1cncn1Cc1ccc2c(c1)OCO2. The highest BCUT2D eigenvalue weighted by molar-refractivity contribution is 6.16. The molecule has 1 aliphatic heterocycles. The first-order valence-electron chi connectivity index (χ1n) is 5.30. The van der Waals surface area contributed by atoms with E-state index in [1.54, 1.807) is 12.5 Å². The van der Waals surface area contributed by atoms with E-state index in [0.717, 1.165) is 29.3 Å². The van der Waals surface area contributed by atoms with Crippen molar-refractivity contribution in [1.29, 1.82) is 0 Å². The van der Waals surface area contributed by atoms with E-state index in [-0.39, 0.29) is 0 Å². The molecule has 0 saturated heterocycles. The fraction of sp³-hybridized carbons (Fsp3) is 0.250. The topological polar surface area (TPSA) is 36.3 Å². The molecule has 0 unspecified atom stereocenters. The Morgan fingerprint density at radius 2 is 2.18 bits per heavy atom. The number of hydrogen-bond donors (Lipinski definition) is 0. The molecular formula is C12H11ClN2O2. The van der Waals surface area contributed by atoms with Gasteiger partial charge < -0.3 is 14.0 Å². The second-order valence-corrected chi connectivity index (χ2v) is 4.10. The maximum atomic E-state index is 5.83. The highest BCUT2D eigenvalue weighted by atomic mass is 35.5. The number of nitrogens with zero attached hydrogens (tertiary/aromatic N) is 2. The summed E-state index contributed by atoms with van der Waals surface area (Å²) in [7, 11) is 0. The minimum atomic E-state index is 0.302. The molecule has 0 bridgehead atoms. The van der Waals surface area contributed by atoms with Crippen LogP contribution in [0.25, 0.3) is 0 Å². The zero-order valence-corrected chi connectivity index (χ0v) is 9.85. The summed E-state index contributed by atoms with van der Waals surface area (Å²) in [5.41, 5.74) is 2.14. The Bertz CT molecular complexity index is 539. The molecule has 0 amide bonds. The van der Waals surface area contributed by atoms with Crippen molar-refractivity contribution in [2.75, 3.05) is 6.79 Å². The maximum absolute atomic E-state index is 5.83. The van der Waals surface area contributed by atoms with Crippen molar-refractivity contribution in [1.82, 2.24) is 9.55 Å². The van der Waals surface area contributed by atoms with Gasteiger partial charge in [-0.15, -0.1) is 11.6 Å². The molecule has 0 radical (unpaired) electrons. The second-order valence-electron chi connectivity index (χ2n) is 3.83. The van der Waals surface area contributed by atoms with Gasteiger partial charge in [0.2, 0.25) is 6.79 Å². The number of ether oxygens (including phenoxy) is 2. The lowest BCUT2D eigenvalue weighted by Crippen LogP contribution is -2.01. The number of alkyl halides is 1. The van der Waals surface area contributed by atoms with Crippen LogP contribution < -0.4 is 9.47 Å². The van der Waals surface area contributed by atoms with E-state index in [1.807, 2.05) is 22.8 Å². The molecule has 17 heavy (non-hydrogen) atoms. The molecule has 0 saturated carbocycles. The monoisotopic (exact) mass is 250 g/mol. The number of hydrogen-bond acceptors (Lipinski definition) is 3. The molecular weight excluding hydrogens is 240 g/mol. The van der Waals surface area contributed by atoms with Crippen LogP contribution in [0.1, 0.15) is 11.3 Å². The minimum Gasteiger partial charge on any atom is -0.454 e. The van der Waals surface area contributed by atoms with Gasteiger partial charge in [0.15, 0.2) is 11.5 Å². The van der Waals surface area contributed by atoms with Gasteiger partial charge in [-0.25, -0.2) is 4.98 Å². The van der Waals surface area contributed by atoms with Crippen LogP contribution in [-0.4, -0.2) is 16.3 Å². The molecule has 3 rings (SSSR count). The third-order valence-electron chi connectivity index (χ3n) is 2.73. The summed E-state index contributed by atoms with van der Waals surface area (Å²) in [6.07, 6.45) is 3.56. The average molecular weight is 251 g/mol. The van der Waals surface area contributed by atoms with Crippen molar-refractivity contribution >= 4 is 11.6 Å². The molecule has 0 N–H and O–H groups in total. The van der Waals surface area contributed by atoms with Crippen molar-refractivity contribution < 1.29 is 9.47 Å². The minimum absolute atomic E-state index is 0.302. The van der Waals surface area contributed by atoms with Crippen LogP contribution in [0.15, 0.2) is 30.7 Å². The largest absolute Gasteiger partial charge is 0.454 e. The number of imidazole rings is 1. The molecule has 1 aromatic heterocycles. The van der Waals surface area contributed by atoms with Crippen LogP contribution >= 0.6 is 11.6 Å². The van der Waals surface area contributed by atoms with Crippen LogP contribution in [0.4, 0.5) is 0 Å². The van der Waals surface area contributed by atoms with E-state index in [0.29, 0.717) is 12.7 Å². The molecule has 0 aliphatic carbocycles. The summed E-state index contributed by atoms with van der Waals surface area (Å²) >= 11 is 5.83. The first kappa shape index (κ1) is 10.5. The summed E-state index contributed by atoms with van der Waals surface area (Å²) in [6, 6.07) is 5.93. The second kappa shape index (κ2) is 4.30. The lowest BCUT2D eigenvalue weighted by Gasteiger charge is -2.06. The number of halogens is 1. The Kier molecular flexibility index (Phi) is 2.65. The van der Waals surface area contributed by atoms with Gasteiger partial charge in [0, 0.05) is 12.7 Å². The Morgan fingerprint density at radius 3 is 3.06 bits per heavy atom. The smallest absolute Gasteiger partial charge is 0.231 e. The molecule has 0 fully saturated rings. The third kappa shape index (κ3) is 1.96. The van der Waals surface area contributed by atoms with E-state index in [1.165, 1.54) is 0 Å². The first-order chi connectivity index (χ1) is 8.36. The molecule has 4 nitrogen and oxygen atoms in total. The Morgan fingerprint density at radius 1 is 1.29 bits per heavy atom. The number of rotatable bonds is 3. The Balaban J connectivity index is 1.86. The molecule has 0 spiro atoms. The van der Waals surface area contributed by atoms with Crippen molar-refractivity contribution in [3.63, 3.8) is 0 Å². The molecule has 2 heterocycles. The summed E-state index contributed by atoms with van der Waals surface area (Å²) in [4.78, 5) is 4.08. The Hall–Kier alpha value is -1.68. The molecule has 5 heteroatoms. The molecule has 88 valence electrons. The van der Waals surface area contributed by atoms with Gasteiger partial charge >= 0.3 is 0 Å². The highest BCUT2D eigenvalue weighted by Crippen LogP contribution is 2.32. The van der Waals surface area contributed by atoms with E-state index in [4.69, 9.17) is 21.1 Å². The predicted octanol–water partition coefficient (Wildman–Crippen LogP) is 2.40. The first-order valence-corrected chi connectivity index (χ1v) is 5.84. The van der Waals surface area contributed by atoms with Gasteiger partial charge in [-0.3, -0.25) is 0 Å². The van der Waals surface area contributed by atoms with Crippen molar-refractivity contribution in [2.24, 2.45) is 0 Å². The van der Waals surface area contributed by atoms with Gasteiger partial charge in [0.05, 0.1) is 17.9 Å². The molecule has 0 atom stereocenters. The zero-order valence-electron chi connectivity index (χ0n) is 9.10. The van der Waals surface area contributed by atoms with Crippen LogP contribution in [0.3, 0.4) is 0 Å². The summed E-state index contributed by atoms with van der Waals surface area (Å²) in [6.45, 7) is 1.04. The molecule has 1 aromatic carbocycles.